The van der Waals surface area contributed by atoms with Crippen molar-refractivity contribution in [2.45, 2.75) is 33.2 Å². The highest BCUT2D eigenvalue weighted by atomic mass is 16.5. The number of hydrogen-bond donors (Lipinski definition) is 1. The van der Waals surface area contributed by atoms with Gasteiger partial charge < -0.3 is 14.8 Å². The zero-order valence-corrected chi connectivity index (χ0v) is 16.8. The minimum absolute atomic E-state index is 0.0368. The first-order chi connectivity index (χ1) is 15.0. The van der Waals surface area contributed by atoms with Gasteiger partial charge in [0.25, 0.3) is 5.91 Å². The van der Waals surface area contributed by atoms with Crippen LogP contribution in [0.5, 0.6) is 0 Å². The normalized spacial score (nSPS) is 10.5. The van der Waals surface area contributed by atoms with Gasteiger partial charge in [-0.1, -0.05) is 40.8 Å². The number of nitrogens with zero attached hydrogens (tertiary/aromatic N) is 6. The molecule has 31 heavy (non-hydrogen) atoms. The van der Waals surface area contributed by atoms with E-state index in [0.717, 1.165) is 5.56 Å². The number of carbonyl (C=O) groups excluding carboxylic acids is 3. The van der Waals surface area contributed by atoms with E-state index in [1.54, 1.807) is 6.92 Å². The Bertz CT molecular complexity index is 1030. The van der Waals surface area contributed by atoms with E-state index in [4.69, 9.17) is 9.47 Å². The van der Waals surface area contributed by atoms with Gasteiger partial charge in [-0.05, 0) is 12.5 Å². The molecule has 12 heteroatoms. The molecule has 0 atom stereocenters. The summed E-state index contributed by atoms with van der Waals surface area (Å²) in [6.07, 6.45) is 2.87. The van der Waals surface area contributed by atoms with E-state index >= 15 is 0 Å². The Hall–Kier alpha value is -4.09. The van der Waals surface area contributed by atoms with Crippen LogP contribution in [0.4, 0.5) is 0 Å². The Morgan fingerprint density at radius 3 is 2.35 bits per heavy atom. The van der Waals surface area contributed by atoms with E-state index in [1.165, 1.54) is 21.8 Å². The van der Waals surface area contributed by atoms with Crippen LogP contribution in [-0.2, 0) is 45.3 Å². The summed E-state index contributed by atoms with van der Waals surface area (Å²) in [5, 5.41) is 17.8. The topological polar surface area (TPSA) is 143 Å². The van der Waals surface area contributed by atoms with E-state index in [2.05, 4.69) is 25.9 Å². The number of nitrogens with one attached hydrogen (secondary N) is 1. The molecule has 1 aromatic carbocycles. The van der Waals surface area contributed by atoms with E-state index in [0.29, 0.717) is 5.69 Å². The third-order valence-corrected chi connectivity index (χ3v) is 3.92. The molecule has 162 valence electrons. The summed E-state index contributed by atoms with van der Waals surface area (Å²) in [7, 11) is 0. The van der Waals surface area contributed by atoms with E-state index in [-0.39, 0.29) is 38.5 Å². The van der Waals surface area contributed by atoms with Crippen LogP contribution in [0, 0.1) is 0 Å². The number of aromatic nitrogens is 6. The van der Waals surface area contributed by atoms with Crippen LogP contribution in [0.25, 0.3) is 0 Å². The number of carbonyl (C=O) groups is 3. The summed E-state index contributed by atoms with van der Waals surface area (Å²) in [4.78, 5) is 35.6. The highest BCUT2D eigenvalue weighted by Crippen LogP contribution is 2.02. The third-order valence-electron chi connectivity index (χ3n) is 3.92. The van der Waals surface area contributed by atoms with Crippen molar-refractivity contribution in [3.8, 4) is 0 Å². The van der Waals surface area contributed by atoms with Crippen molar-refractivity contribution in [1.82, 2.24) is 35.3 Å². The number of rotatable bonds is 10. The maximum absolute atomic E-state index is 12.2. The minimum atomic E-state index is -0.501. The molecule has 0 fully saturated rings. The fraction of sp³-hybridized carbons (Fsp3) is 0.316. The zero-order valence-electron chi connectivity index (χ0n) is 16.8. The minimum Gasteiger partial charge on any atom is -0.465 e. The Balaban J connectivity index is 1.44. The molecule has 0 aliphatic heterocycles. The third kappa shape index (κ3) is 6.73. The predicted octanol–water partition coefficient (Wildman–Crippen LogP) is 0.106. The Kier molecular flexibility index (Phi) is 7.40. The summed E-state index contributed by atoms with van der Waals surface area (Å²) in [6.45, 7) is 1.98. The van der Waals surface area contributed by atoms with Crippen LogP contribution < -0.4 is 5.32 Å². The van der Waals surface area contributed by atoms with Crippen molar-refractivity contribution >= 4 is 17.8 Å². The highest BCUT2D eigenvalue weighted by molar-refractivity contribution is 5.91. The van der Waals surface area contributed by atoms with Gasteiger partial charge in [0.05, 0.1) is 25.5 Å². The molecule has 0 aliphatic rings. The number of esters is 2. The second-order valence-corrected chi connectivity index (χ2v) is 6.34. The smallest absolute Gasteiger partial charge is 0.328 e. The van der Waals surface area contributed by atoms with Crippen LogP contribution in [0.3, 0.4) is 0 Å². The Morgan fingerprint density at radius 2 is 1.61 bits per heavy atom. The summed E-state index contributed by atoms with van der Waals surface area (Å²) < 4.78 is 12.5. The number of benzene rings is 1. The van der Waals surface area contributed by atoms with Gasteiger partial charge in [-0.15, -0.1) is 10.2 Å². The zero-order chi connectivity index (χ0) is 22.1. The van der Waals surface area contributed by atoms with Gasteiger partial charge in [-0.25, -0.2) is 9.36 Å². The second-order valence-electron chi connectivity index (χ2n) is 6.34. The first kappa shape index (κ1) is 21.6. The number of ether oxygens (including phenoxy) is 2. The van der Waals surface area contributed by atoms with E-state index in [9.17, 15) is 14.4 Å². The SMILES string of the molecule is CCOC(=O)Cn1cc(CNC(=O)c2cn(CC(=O)OCc3ccccc3)nn2)nn1. The van der Waals surface area contributed by atoms with E-state index in [1.807, 2.05) is 30.3 Å². The molecule has 0 spiro atoms. The lowest BCUT2D eigenvalue weighted by atomic mass is 10.2. The van der Waals surface area contributed by atoms with Crippen LogP contribution in [0.15, 0.2) is 42.7 Å². The Labute approximate surface area is 177 Å². The van der Waals surface area contributed by atoms with Gasteiger partial charge in [0.2, 0.25) is 0 Å². The fourth-order valence-corrected chi connectivity index (χ4v) is 2.49. The lowest BCUT2D eigenvalue weighted by Gasteiger charge is -2.04. The van der Waals surface area contributed by atoms with Crippen molar-refractivity contribution in [2.24, 2.45) is 0 Å². The maximum atomic E-state index is 12.2. The molecule has 0 saturated carbocycles. The fourth-order valence-electron chi connectivity index (χ4n) is 2.49. The summed E-state index contributed by atoms with van der Waals surface area (Å²) >= 11 is 0. The molecule has 0 radical (unpaired) electrons. The van der Waals surface area contributed by atoms with Crippen LogP contribution in [-0.4, -0.2) is 54.4 Å². The van der Waals surface area contributed by atoms with Gasteiger partial charge in [0.15, 0.2) is 5.69 Å². The second kappa shape index (κ2) is 10.6. The number of hydrogen-bond acceptors (Lipinski definition) is 9. The molecule has 12 nitrogen and oxygen atoms in total. The van der Waals surface area contributed by atoms with Crippen LogP contribution in [0.1, 0.15) is 28.7 Å². The molecular formula is C19H21N7O5. The molecule has 1 amide bonds. The van der Waals surface area contributed by atoms with Crippen LogP contribution in [0.2, 0.25) is 0 Å². The van der Waals surface area contributed by atoms with Crippen molar-refractivity contribution in [1.29, 1.82) is 0 Å². The lowest BCUT2D eigenvalue weighted by molar-refractivity contribution is -0.146. The summed E-state index contributed by atoms with van der Waals surface area (Å²) in [5.74, 6) is -1.43. The van der Waals surface area contributed by atoms with Gasteiger partial charge in [0, 0.05) is 0 Å². The summed E-state index contributed by atoms with van der Waals surface area (Å²) in [5.41, 5.74) is 1.36. The molecule has 0 unspecified atom stereocenters. The largest absolute Gasteiger partial charge is 0.465 e. The molecule has 0 bridgehead atoms. The standard InChI is InChI=1S/C19H21N7O5/c1-2-30-17(27)11-25-9-15(21-23-25)8-20-19(29)16-10-26(24-22-16)12-18(28)31-13-14-6-4-3-5-7-14/h3-7,9-10H,2,8,11-13H2,1H3,(H,20,29). The average molecular weight is 427 g/mol. The molecule has 3 aromatic rings. The average Bonchev–Trinajstić information content (AvgIpc) is 3.41. The molecule has 2 aromatic heterocycles. The molecule has 3 rings (SSSR count). The van der Waals surface area contributed by atoms with Gasteiger partial charge in [-0.3, -0.25) is 14.4 Å². The van der Waals surface area contributed by atoms with Crippen molar-refractivity contribution < 1.29 is 23.9 Å². The first-order valence-electron chi connectivity index (χ1n) is 9.46. The number of amides is 1. The molecular weight excluding hydrogens is 406 g/mol. The predicted molar refractivity (Wildman–Crippen MR) is 104 cm³/mol. The lowest BCUT2D eigenvalue weighted by Crippen LogP contribution is -2.23. The van der Waals surface area contributed by atoms with Gasteiger partial charge in [0.1, 0.15) is 25.4 Å². The first-order valence-corrected chi connectivity index (χ1v) is 9.46. The molecule has 0 aliphatic carbocycles. The van der Waals surface area contributed by atoms with Crippen molar-refractivity contribution in [3.63, 3.8) is 0 Å². The molecule has 2 heterocycles. The quantitative estimate of drug-likeness (QED) is 0.446. The van der Waals surface area contributed by atoms with Crippen molar-refractivity contribution in [3.05, 3.63) is 59.7 Å². The highest BCUT2D eigenvalue weighted by Gasteiger charge is 2.14. The summed E-state index contributed by atoms with van der Waals surface area (Å²) in [6, 6.07) is 9.28. The Morgan fingerprint density at radius 1 is 0.935 bits per heavy atom. The van der Waals surface area contributed by atoms with E-state index < -0.39 is 17.8 Å². The molecule has 0 saturated heterocycles. The van der Waals surface area contributed by atoms with Crippen molar-refractivity contribution in [2.75, 3.05) is 6.61 Å². The van der Waals surface area contributed by atoms with Crippen LogP contribution >= 0.6 is 0 Å². The monoisotopic (exact) mass is 427 g/mol. The van der Waals surface area contributed by atoms with Gasteiger partial charge in [-0.2, -0.15) is 0 Å². The molecule has 1 N–H and O–H groups in total. The van der Waals surface area contributed by atoms with Gasteiger partial charge >= 0.3 is 11.9 Å². The maximum Gasteiger partial charge on any atom is 0.328 e.